The van der Waals surface area contributed by atoms with Crippen LogP contribution in [-0.2, 0) is 9.53 Å². The number of ether oxygens (including phenoxy) is 1. The second kappa shape index (κ2) is 4.83. The van der Waals surface area contributed by atoms with Crippen molar-refractivity contribution in [1.29, 1.82) is 0 Å². The van der Waals surface area contributed by atoms with Gasteiger partial charge in [-0.3, -0.25) is 4.79 Å². The predicted octanol–water partition coefficient (Wildman–Crippen LogP) is 2.52. The smallest absolute Gasteiger partial charge is 0.282 e. The molecular weight excluding hydrogens is 257 g/mol. The third kappa shape index (κ3) is 2.00. The summed E-state index contributed by atoms with van der Waals surface area (Å²) in [7, 11) is 0. The Kier molecular flexibility index (Phi) is 3.09. The molecule has 5 fully saturated rings. The fraction of sp³-hybridized carbons (Fsp3) is 0.812. The molecule has 0 radical (unpaired) electrons. The van der Waals surface area contributed by atoms with Crippen LogP contribution in [0.1, 0.15) is 32.1 Å². The van der Waals surface area contributed by atoms with Crippen molar-refractivity contribution in [2.24, 2.45) is 23.7 Å². The fourth-order valence-electron chi connectivity index (χ4n) is 5.08. The van der Waals surface area contributed by atoms with E-state index in [-0.39, 0.29) is 5.91 Å². The zero-order valence-electron chi connectivity index (χ0n) is 11.8. The summed E-state index contributed by atoms with van der Waals surface area (Å²) in [5, 5.41) is 0. The first-order valence-corrected chi connectivity index (χ1v) is 7.99. The first-order chi connectivity index (χ1) is 9.72. The van der Waals surface area contributed by atoms with Crippen LogP contribution in [0.25, 0.3) is 0 Å². The van der Waals surface area contributed by atoms with E-state index < -0.39 is 5.83 Å². The molecule has 110 valence electrons. The third-order valence-corrected chi connectivity index (χ3v) is 5.76. The van der Waals surface area contributed by atoms with Crippen molar-refractivity contribution in [3.05, 3.63) is 11.4 Å². The highest BCUT2D eigenvalue weighted by molar-refractivity contribution is 5.92. The van der Waals surface area contributed by atoms with E-state index in [2.05, 4.69) is 0 Å². The molecule has 0 unspecified atom stereocenters. The van der Waals surface area contributed by atoms with Crippen molar-refractivity contribution < 1.29 is 13.9 Å². The number of halogens is 1. The van der Waals surface area contributed by atoms with Gasteiger partial charge in [0.2, 0.25) is 0 Å². The van der Waals surface area contributed by atoms with Gasteiger partial charge in [-0.2, -0.15) is 0 Å². The number of hydrogen-bond acceptors (Lipinski definition) is 2. The third-order valence-electron chi connectivity index (χ3n) is 5.76. The van der Waals surface area contributed by atoms with Crippen molar-refractivity contribution >= 4 is 5.91 Å². The minimum atomic E-state index is -0.416. The van der Waals surface area contributed by atoms with Crippen molar-refractivity contribution in [2.45, 2.75) is 32.1 Å². The quantitative estimate of drug-likeness (QED) is 0.690. The number of hydrogen-bond donors (Lipinski definition) is 0. The maximum absolute atomic E-state index is 14.8. The number of nitrogens with zero attached hydrogens (tertiary/aromatic N) is 1. The molecule has 0 N–H and O–H groups in total. The molecule has 5 rings (SSSR count). The largest absolute Gasteiger partial charge is 0.378 e. The average molecular weight is 279 g/mol. The molecule has 0 atom stereocenters. The summed E-state index contributed by atoms with van der Waals surface area (Å²) in [5.74, 6) is 1.52. The van der Waals surface area contributed by atoms with Crippen molar-refractivity contribution in [1.82, 2.24) is 4.90 Å². The first kappa shape index (κ1) is 12.8. The molecule has 5 aliphatic rings. The van der Waals surface area contributed by atoms with E-state index in [9.17, 15) is 9.18 Å². The number of allylic oxidation sites excluding steroid dienone is 1. The van der Waals surface area contributed by atoms with E-state index in [1.54, 1.807) is 4.90 Å². The molecule has 1 amide bonds. The van der Waals surface area contributed by atoms with E-state index in [0.29, 0.717) is 38.1 Å². The molecule has 3 nitrogen and oxygen atoms in total. The SMILES string of the molecule is O=C(C(F)=C1C2CC3CC(C2)CC1C3)N1CCOCC1. The normalized spacial score (nSPS) is 39.2. The highest BCUT2D eigenvalue weighted by Crippen LogP contribution is 2.57. The van der Waals surface area contributed by atoms with Gasteiger partial charge in [0.05, 0.1) is 13.2 Å². The Morgan fingerprint density at radius 1 is 1.00 bits per heavy atom. The van der Waals surface area contributed by atoms with Gasteiger partial charge in [-0.1, -0.05) is 0 Å². The summed E-state index contributed by atoms with van der Waals surface area (Å²) in [6.07, 6.45) is 5.82. The van der Waals surface area contributed by atoms with Crippen LogP contribution >= 0.6 is 0 Å². The molecule has 4 aliphatic carbocycles. The van der Waals surface area contributed by atoms with Crippen molar-refractivity contribution in [2.75, 3.05) is 26.3 Å². The van der Waals surface area contributed by atoms with Crippen LogP contribution in [0.4, 0.5) is 4.39 Å². The minimum absolute atomic E-state index is 0.358. The maximum atomic E-state index is 14.8. The Labute approximate surface area is 119 Å². The summed E-state index contributed by atoms with van der Waals surface area (Å²) in [4.78, 5) is 14.0. The van der Waals surface area contributed by atoms with Gasteiger partial charge >= 0.3 is 0 Å². The Hall–Kier alpha value is -0.900. The Bertz CT molecular complexity index is 423. The number of morpholine rings is 1. The van der Waals surface area contributed by atoms with Gasteiger partial charge < -0.3 is 9.64 Å². The molecule has 4 saturated carbocycles. The molecular formula is C16H22FNO2. The summed E-state index contributed by atoms with van der Waals surface area (Å²) in [6.45, 7) is 2.12. The lowest BCUT2D eigenvalue weighted by atomic mass is 9.54. The molecule has 0 spiro atoms. The zero-order chi connectivity index (χ0) is 13.7. The van der Waals surface area contributed by atoms with E-state index in [1.807, 2.05) is 0 Å². The van der Waals surface area contributed by atoms with Gasteiger partial charge in [0.15, 0.2) is 5.83 Å². The Morgan fingerprint density at radius 2 is 1.55 bits per heavy atom. The number of carbonyl (C=O) groups is 1. The maximum Gasteiger partial charge on any atom is 0.282 e. The van der Waals surface area contributed by atoms with E-state index in [1.165, 1.54) is 6.42 Å². The molecule has 1 saturated heterocycles. The lowest BCUT2D eigenvalue weighted by molar-refractivity contribution is -0.133. The molecule has 0 aromatic heterocycles. The summed E-state index contributed by atoms with van der Waals surface area (Å²) in [5.41, 5.74) is 0.883. The second-order valence-electron chi connectivity index (χ2n) is 6.98. The van der Waals surface area contributed by atoms with Gasteiger partial charge in [0.1, 0.15) is 0 Å². The lowest BCUT2D eigenvalue weighted by Gasteiger charge is -2.51. The average Bonchev–Trinajstić information content (AvgIpc) is 2.46. The summed E-state index contributed by atoms with van der Waals surface area (Å²) < 4.78 is 20.0. The van der Waals surface area contributed by atoms with Crippen molar-refractivity contribution in [3.63, 3.8) is 0 Å². The van der Waals surface area contributed by atoms with Gasteiger partial charge in [0, 0.05) is 13.1 Å². The monoisotopic (exact) mass is 279 g/mol. The van der Waals surface area contributed by atoms with Crippen LogP contribution in [0.15, 0.2) is 11.4 Å². The van der Waals surface area contributed by atoms with Crippen LogP contribution < -0.4 is 0 Å². The van der Waals surface area contributed by atoms with Crippen LogP contribution in [0.5, 0.6) is 0 Å². The van der Waals surface area contributed by atoms with Crippen LogP contribution in [0, 0.1) is 23.7 Å². The Balaban J connectivity index is 1.59. The number of rotatable bonds is 1. The second-order valence-corrected chi connectivity index (χ2v) is 6.98. The van der Waals surface area contributed by atoms with Crippen LogP contribution in [0.3, 0.4) is 0 Å². The molecule has 4 heteroatoms. The molecule has 4 bridgehead atoms. The fourth-order valence-corrected chi connectivity index (χ4v) is 5.08. The van der Waals surface area contributed by atoms with Crippen LogP contribution in [0.2, 0.25) is 0 Å². The van der Waals surface area contributed by atoms with E-state index >= 15 is 0 Å². The number of amides is 1. The van der Waals surface area contributed by atoms with Crippen molar-refractivity contribution in [3.8, 4) is 0 Å². The zero-order valence-corrected chi connectivity index (χ0v) is 11.8. The Morgan fingerprint density at radius 3 is 2.10 bits per heavy atom. The predicted molar refractivity (Wildman–Crippen MR) is 72.6 cm³/mol. The molecule has 1 aliphatic heterocycles. The van der Waals surface area contributed by atoms with Gasteiger partial charge in [-0.15, -0.1) is 0 Å². The van der Waals surface area contributed by atoms with Crippen LogP contribution in [-0.4, -0.2) is 37.1 Å². The van der Waals surface area contributed by atoms with E-state index in [4.69, 9.17) is 4.74 Å². The molecule has 0 aromatic carbocycles. The highest BCUT2D eigenvalue weighted by Gasteiger charge is 2.47. The summed E-state index contributed by atoms with van der Waals surface area (Å²) in [6, 6.07) is 0. The number of carbonyl (C=O) groups excluding carboxylic acids is 1. The topological polar surface area (TPSA) is 29.5 Å². The molecule has 1 heterocycles. The molecule has 20 heavy (non-hydrogen) atoms. The minimum Gasteiger partial charge on any atom is -0.378 e. The molecule has 0 aromatic rings. The first-order valence-electron chi connectivity index (χ1n) is 7.99. The van der Waals surface area contributed by atoms with Gasteiger partial charge in [-0.05, 0) is 61.3 Å². The van der Waals surface area contributed by atoms with E-state index in [0.717, 1.165) is 43.1 Å². The standard InChI is InChI=1S/C16H22FNO2/c17-15(16(19)18-1-3-20-4-2-18)14-12-6-10-5-11(8-12)9-13(14)7-10/h10-13H,1-9H2. The summed E-state index contributed by atoms with van der Waals surface area (Å²) >= 11 is 0. The van der Waals surface area contributed by atoms with Gasteiger partial charge in [-0.25, -0.2) is 4.39 Å². The lowest BCUT2D eigenvalue weighted by Crippen LogP contribution is -2.44. The highest BCUT2D eigenvalue weighted by atomic mass is 19.1. The van der Waals surface area contributed by atoms with Gasteiger partial charge in [0.25, 0.3) is 5.91 Å².